The molecular weight excluding hydrogens is 292 g/mol. The molecule has 0 atom stereocenters. The van der Waals surface area contributed by atoms with Crippen molar-refractivity contribution in [2.75, 3.05) is 13.1 Å². The normalized spacial score (nSPS) is 15.0. The summed E-state index contributed by atoms with van der Waals surface area (Å²) in [6, 6.07) is 3.63. The fourth-order valence-corrected chi connectivity index (χ4v) is 3.10. The van der Waals surface area contributed by atoms with E-state index in [1.807, 2.05) is 11.4 Å². The molecule has 1 aliphatic rings. The summed E-state index contributed by atoms with van der Waals surface area (Å²) in [4.78, 5) is 28.7. The maximum absolute atomic E-state index is 12.0. The van der Waals surface area contributed by atoms with Crippen LogP contribution >= 0.6 is 11.3 Å². The SMILES string of the molecule is O=C(O)CC1CN(C(=O)Cc2csc(-c3ccco3)n2)C1. The largest absolute Gasteiger partial charge is 0.481 e. The van der Waals surface area contributed by atoms with Crippen molar-refractivity contribution in [1.29, 1.82) is 0 Å². The van der Waals surface area contributed by atoms with Crippen LogP contribution < -0.4 is 0 Å². The Morgan fingerprint density at radius 2 is 2.29 bits per heavy atom. The van der Waals surface area contributed by atoms with Crippen LogP contribution in [0, 0.1) is 5.92 Å². The second kappa shape index (κ2) is 5.69. The smallest absolute Gasteiger partial charge is 0.303 e. The van der Waals surface area contributed by atoms with Crippen LogP contribution in [0.25, 0.3) is 10.8 Å². The third-order valence-electron chi connectivity index (χ3n) is 3.39. The number of aliphatic carboxylic acids is 1. The summed E-state index contributed by atoms with van der Waals surface area (Å²) in [6.45, 7) is 1.06. The molecule has 0 aromatic carbocycles. The Labute approximate surface area is 125 Å². The second-order valence-electron chi connectivity index (χ2n) is 5.06. The number of rotatable bonds is 5. The van der Waals surface area contributed by atoms with Gasteiger partial charge in [0.25, 0.3) is 0 Å². The molecule has 2 aromatic rings. The molecule has 3 rings (SSSR count). The Bertz CT molecular complexity index is 644. The highest BCUT2D eigenvalue weighted by Gasteiger charge is 2.32. The monoisotopic (exact) mass is 306 g/mol. The number of hydrogen-bond donors (Lipinski definition) is 1. The summed E-state index contributed by atoms with van der Waals surface area (Å²) in [5.74, 6) is -0.0349. The fraction of sp³-hybridized carbons (Fsp3) is 0.357. The molecule has 0 saturated carbocycles. The van der Waals surface area contributed by atoms with Crippen molar-refractivity contribution in [2.24, 2.45) is 5.92 Å². The van der Waals surface area contributed by atoms with E-state index in [1.165, 1.54) is 11.3 Å². The van der Waals surface area contributed by atoms with Crippen LogP contribution in [0.2, 0.25) is 0 Å². The number of likely N-dealkylation sites (tertiary alicyclic amines) is 1. The topological polar surface area (TPSA) is 83.6 Å². The Balaban J connectivity index is 1.53. The molecule has 1 aliphatic heterocycles. The lowest BCUT2D eigenvalue weighted by Gasteiger charge is -2.38. The van der Waals surface area contributed by atoms with Gasteiger partial charge < -0.3 is 14.4 Å². The van der Waals surface area contributed by atoms with Gasteiger partial charge in [0.15, 0.2) is 10.8 Å². The highest BCUT2D eigenvalue weighted by atomic mass is 32.1. The molecule has 0 radical (unpaired) electrons. The van der Waals surface area contributed by atoms with Gasteiger partial charge >= 0.3 is 5.97 Å². The van der Waals surface area contributed by atoms with E-state index < -0.39 is 5.97 Å². The quantitative estimate of drug-likeness (QED) is 0.912. The molecule has 6 nitrogen and oxygen atoms in total. The number of thiazole rings is 1. The summed E-state index contributed by atoms with van der Waals surface area (Å²) < 4.78 is 5.27. The van der Waals surface area contributed by atoms with E-state index in [4.69, 9.17) is 9.52 Å². The predicted octanol–water partition coefficient (Wildman–Crippen LogP) is 1.88. The molecule has 21 heavy (non-hydrogen) atoms. The van der Waals surface area contributed by atoms with Gasteiger partial charge in [-0.25, -0.2) is 4.98 Å². The van der Waals surface area contributed by atoms with Crippen molar-refractivity contribution in [3.05, 3.63) is 29.5 Å². The summed E-state index contributed by atoms with van der Waals surface area (Å²) >= 11 is 1.44. The van der Waals surface area contributed by atoms with Crippen molar-refractivity contribution in [3.63, 3.8) is 0 Å². The van der Waals surface area contributed by atoms with E-state index in [1.54, 1.807) is 17.2 Å². The van der Waals surface area contributed by atoms with Gasteiger partial charge in [0.1, 0.15) is 0 Å². The number of furan rings is 1. The minimum Gasteiger partial charge on any atom is -0.481 e. The number of carbonyl (C=O) groups excluding carboxylic acids is 1. The predicted molar refractivity (Wildman–Crippen MR) is 75.8 cm³/mol. The summed E-state index contributed by atoms with van der Waals surface area (Å²) in [7, 11) is 0. The first-order chi connectivity index (χ1) is 10.1. The van der Waals surface area contributed by atoms with Gasteiger partial charge in [-0.05, 0) is 12.1 Å². The number of amides is 1. The summed E-state index contributed by atoms with van der Waals surface area (Å²) in [5.41, 5.74) is 0.720. The standard InChI is InChI=1S/C14H14N2O4S/c17-12(16-6-9(7-16)4-13(18)19)5-10-8-21-14(15-10)11-2-1-3-20-11/h1-3,8-9H,4-7H2,(H,18,19). The number of carboxylic acid groups (broad SMARTS) is 1. The third kappa shape index (κ3) is 3.13. The number of carbonyl (C=O) groups is 2. The number of carboxylic acids is 1. The van der Waals surface area contributed by atoms with Crippen LogP contribution in [0.3, 0.4) is 0 Å². The van der Waals surface area contributed by atoms with Gasteiger partial charge in [0.05, 0.1) is 24.8 Å². The van der Waals surface area contributed by atoms with Gasteiger partial charge in [-0.3, -0.25) is 9.59 Å². The Kier molecular flexibility index (Phi) is 3.74. The maximum Gasteiger partial charge on any atom is 0.303 e. The highest BCUT2D eigenvalue weighted by Crippen LogP contribution is 2.25. The van der Waals surface area contributed by atoms with E-state index in [9.17, 15) is 9.59 Å². The van der Waals surface area contributed by atoms with E-state index >= 15 is 0 Å². The zero-order valence-corrected chi connectivity index (χ0v) is 12.0. The lowest BCUT2D eigenvalue weighted by molar-refractivity contribution is -0.144. The molecular formula is C14H14N2O4S. The van der Waals surface area contributed by atoms with Crippen molar-refractivity contribution < 1.29 is 19.1 Å². The molecule has 0 bridgehead atoms. The molecule has 2 aromatic heterocycles. The molecule has 7 heteroatoms. The van der Waals surface area contributed by atoms with Gasteiger partial charge in [0.2, 0.25) is 5.91 Å². The van der Waals surface area contributed by atoms with E-state index in [0.717, 1.165) is 10.7 Å². The Morgan fingerprint density at radius 1 is 1.48 bits per heavy atom. The summed E-state index contributed by atoms with van der Waals surface area (Å²) in [6.07, 6.45) is 1.96. The van der Waals surface area contributed by atoms with E-state index in [0.29, 0.717) is 18.8 Å². The minimum absolute atomic E-state index is 0.00654. The van der Waals surface area contributed by atoms with Crippen LogP contribution in [-0.2, 0) is 16.0 Å². The zero-order chi connectivity index (χ0) is 14.8. The molecule has 0 spiro atoms. The average Bonchev–Trinajstić information content (AvgIpc) is 3.02. The van der Waals surface area contributed by atoms with Crippen molar-refractivity contribution in [3.8, 4) is 10.8 Å². The number of nitrogens with zero attached hydrogens (tertiary/aromatic N) is 2. The average molecular weight is 306 g/mol. The molecule has 110 valence electrons. The van der Waals surface area contributed by atoms with Crippen LogP contribution in [0.1, 0.15) is 12.1 Å². The first kappa shape index (κ1) is 13.8. The Hall–Kier alpha value is -2.15. The van der Waals surface area contributed by atoms with Gasteiger partial charge in [0, 0.05) is 24.4 Å². The molecule has 1 fully saturated rings. The molecule has 1 N–H and O–H groups in total. The molecule has 1 saturated heterocycles. The van der Waals surface area contributed by atoms with Crippen LogP contribution in [-0.4, -0.2) is 40.0 Å². The summed E-state index contributed by atoms with van der Waals surface area (Å²) in [5, 5.41) is 11.3. The molecule has 0 unspecified atom stereocenters. The number of hydrogen-bond acceptors (Lipinski definition) is 5. The second-order valence-corrected chi connectivity index (χ2v) is 5.92. The van der Waals surface area contributed by atoms with Crippen molar-refractivity contribution in [2.45, 2.75) is 12.8 Å². The fourth-order valence-electron chi connectivity index (χ4n) is 2.32. The van der Waals surface area contributed by atoms with Gasteiger partial charge in [-0.2, -0.15) is 0 Å². The van der Waals surface area contributed by atoms with Crippen LogP contribution in [0.5, 0.6) is 0 Å². The first-order valence-corrected chi connectivity index (χ1v) is 7.47. The number of aromatic nitrogens is 1. The van der Waals surface area contributed by atoms with Crippen molar-refractivity contribution >= 4 is 23.2 Å². The lowest BCUT2D eigenvalue weighted by atomic mass is 9.96. The molecule has 0 aliphatic carbocycles. The van der Waals surface area contributed by atoms with Crippen LogP contribution in [0.4, 0.5) is 0 Å². The highest BCUT2D eigenvalue weighted by molar-refractivity contribution is 7.13. The van der Waals surface area contributed by atoms with Crippen molar-refractivity contribution in [1.82, 2.24) is 9.88 Å². The van der Waals surface area contributed by atoms with E-state index in [-0.39, 0.29) is 24.7 Å². The third-order valence-corrected chi connectivity index (χ3v) is 4.29. The lowest BCUT2D eigenvalue weighted by Crippen LogP contribution is -2.51. The maximum atomic E-state index is 12.0. The molecule has 1 amide bonds. The van der Waals surface area contributed by atoms with E-state index in [2.05, 4.69) is 4.98 Å². The van der Waals surface area contributed by atoms with Crippen LogP contribution in [0.15, 0.2) is 28.2 Å². The molecule has 3 heterocycles. The minimum atomic E-state index is -0.810. The zero-order valence-electron chi connectivity index (χ0n) is 11.2. The Morgan fingerprint density at radius 3 is 2.95 bits per heavy atom. The van der Waals surface area contributed by atoms with Gasteiger partial charge in [-0.15, -0.1) is 11.3 Å². The van der Waals surface area contributed by atoms with Gasteiger partial charge in [-0.1, -0.05) is 0 Å². The first-order valence-electron chi connectivity index (χ1n) is 6.59.